The summed E-state index contributed by atoms with van der Waals surface area (Å²) in [6.45, 7) is 0.347. The summed E-state index contributed by atoms with van der Waals surface area (Å²) >= 11 is 6.52. The van der Waals surface area contributed by atoms with Crippen LogP contribution in [0.25, 0.3) is 0 Å². The van der Waals surface area contributed by atoms with Gasteiger partial charge in [0.25, 0.3) is 11.8 Å². The Morgan fingerprint density at radius 2 is 2.05 bits per heavy atom. The van der Waals surface area contributed by atoms with Crippen LogP contribution in [0.4, 0.5) is 4.79 Å². The van der Waals surface area contributed by atoms with E-state index in [1.807, 2.05) is 0 Å². The van der Waals surface area contributed by atoms with Gasteiger partial charge in [0, 0.05) is 6.54 Å². The normalized spacial score (nSPS) is 16.2. The molecule has 2 rings (SSSR count). The molecule has 1 aliphatic heterocycles. The first-order valence-electron chi connectivity index (χ1n) is 5.62. The number of rotatable bonds is 4. The zero-order valence-electron chi connectivity index (χ0n) is 10.0. The molecule has 0 atom stereocenters. The van der Waals surface area contributed by atoms with Gasteiger partial charge < -0.3 is 15.6 Å². The molecule has 1 saturated heterocycles. The van der Waals surface area contributed by atoms with Crippen molar-refractivity contribution in [2.24, 2.45) is 0 Å². The number of carbonyl (C=O) groups is 3. The molecule has 4 amide bonds. The number of hydrogen-bond donors (Lipinski definition) is 4. The fourth-order valence-electron chi connectivity index (χ4n) is 1.55. The van der Waals surface area contributed by atoms with Gasteiger partial charge in [0.15, 0.2) is 0 Å². The minimum atomic E-state index is -0.536. The van der Waals surface area contributed by atoms with Crippen LogP contribution < -0.4 is 16.0 Å². The van der Waals surface area contributed by atoms with Gasteiger partial charge in [-0.3, -0.25) is 14.9 Å². The van der Waals surface area contributed by atoms with Crippen molar-refractivity contribution >= 4 is 49.7 Å². The molecule has 0 aromatic carbocycles. The number of hydrogen-bond acceptors (Lipinski definition) is 3. The lowest BCUT2D eigenvalue weighted by molar-refractivity contribution is -0.115. The van der Waals surface area contributed by atoms with E-state index in [1.165, 1.54) is 0 Å². The van der Waals surface area contributed by atoms with Gasteiger partial charge in [0.1, 0.15) is 11.4 Å². The zero-order valence-corrected chi connectivity index (χ0v) is 13.2. The van der Waals surface area contributed by atoms with Crippen LogP contribution in [0, 0.1) is 0 Å². The van der Waals surface area contributed by atoms with Crippen LogP contribution in [0.1, 0.15) is 16.9 Å². The molecule has 7 nitrogen and oxygen atoms in total. The Morgan fingerprint density at radius 1 is 1.30 bits per heavy atom. The number of amides is 4. The molecule has 1 aromatic rings. The molecule has 1 fully saturated rings. The van der Waals surface area contributed by atoms with Crippen molar-refractivity contribution in [1.82, 2.24) is 20.9 Å². The molecule has 0 saturated carbocycles. The summed E-state index contributed by atoms with van der Waals surface area (Å²) in [4.78, 5) is 36.7. The van der Waals surface area contributed by atoms with E-state index in [1.54, 1.807) is 12.1 Å². The van der Waals surface area contributed by atoms with Crippen molar-refractivity contribution in [2.45, 2.75) is 6.42 Å². The molecule has 0 aliphatic carbocycles. The molecular formula is C11H10Br2N4O3. The predicted molar refractivity (Wildman–Crippen MR) is 77.9 cm³/mol. The van der Waals surface area contributed by atoms with Gasteiger partial charge in [-0.25, -0.2) is 4.79 Å². The summed E-state index contributed by atoms with van der Waals surface area (Å²) in [5, 5.41) is 7.14. The highest BCUT2D eigenvalue weighted by atomic mass is 79.9. The Morgan fingerprint density at radius 3 is 2.60 bits per heavy atom. The van der Waals surface area contributed by atoms with Crippen LogP contribution in [-0.2, 0) is 4.79 Å². The number of aromatic nitrogens is 1. The van der Waals surface area contributed by atoms with E-state index in [9.17, 15) is 14.4 Å². The number of urea groups is 1. The first-order chi connectivity index (χ1) is 9.47. The average Bonchev–Trinajstić information content (AvgIpc) is 2.88. The van der Waals surface area contributed by atoms with E-state index in [2.05, 4.69) is 52.8 Å². The lowest BCUT2D eigenvalue weighted by Gasteiger charge is -2.01. The van der Waals surface area contributed by atoms with Gasteiger partial charge in [-0.1, -0.05) is 6.08 Å². The number of aromatic amines is 1. The summed E-state index contributed by atoms with van der Waals surface area (Å²) in [6, 6.07) is 1.12. The fourth-order valence-corrected chi connectivity index (χ4v) is 2.20. The Bertz CT molecular complexity index is 589. The lowest BCUT2D eigenvalue weighted by atomic mass is 10.3. The minimum absolute atomic E-state index is 0.203. The summed E-state index contributed by atoms with van der Waals surface area (Å²) in [5.41, 5.74) is 0.623. The molecule has 0 unspecified atom stereocenters. The van der Waals surface area contributed by atoms with E-state index in [0.717, 1.165) is 4.47 Å². The first-order valence-corrected chi connectivity index (χ1v) is 7.20. The second kappa shape index (κ2) is 6.23. The molecule has 1 aromatic heterocycles. The Balaban J connectivity index is 1.81. The molecular weight excluding hydrogens is 396 g/mol. The van der Waals surface area contributed by atoms with Crippen LogP contribution in [0.15, 0.2) is 26.9 Å². The third-order valence-corrected chi connectivity index (χ3v) is 4.25. The molecule has 4 N–H and O–H groups in total. The highest BCUT2D eigenvalue weighted by Crippen LogP contribution is 2.22. The van der Waals surface area contributed by atoms with E-state index in [-0.39, 0.29) is 11.6 Å². The molecule has 0 bridgehead atoms. The van der Waals surface area contributed by atoms with E-state index in [4.69, 9.17) is 0 Å². The maximum Gasteiger partial charge on any atom is 0.326 e. The number of H-pyrrole nitrogens is 1. The highest BCUT2D eigenvalue weighted by molar-refractivity contribution is 9.13. The molecule has 0 radical (unpaired) electrons. The van der Waals surface area contributed by atoms with Crippen LogP contribution in [0.3, 0.4) is 0 Å². The van der Waals surface area contributed by atoms with Gasteiger partial charge in [-0.2, -0.15) is 0 Å². The van der Waals surface area contributed by atoms with Crippen molar-refractivity contribution in [3.8, 4) is 0 Å². The fraction of sp³-hybridized carbons (Fsp3) is 0.182. The SMILES string of the molecule is O=C1NC(=O)/C(=C\CCNC(=O)c2cc(Br)c(Br)[nH]2)N1. The maximum absolute atomic E-state index is 11.8. The molecule has 0 spiro atoms. The average molecular weight is 406 g/mol. The Hall–Kier alpha value is -1.61. The molecule has 1 aliphatic rings. The van der Waals surface area contributed by atoms with Crippen LogP contribution in [0.5, 0.6) is 0 Å². The zero-order chi connectivity index (χ0) is 14.7. The number of imide groups is 1. The van der Waals surface area contributed by atoms with Gasteiger partial charge in [0.05, 0.1) is 9.08 Å². The van der Waals surface area contributed by atoms with Gasteiger partial charge in [-0.05, 0) is 44.3 Å². The second-order valence-corrected chi connectivity index (χ2v) is 5.56. The maximum atomic E-state index is 11.8. The minimum Gasteiger partial charge on any atom is -0.350 e. The van der Waals surface area contributed by atoms with Crippen molar-refractivity contribution in [1.29, 1.82) is 0 Å². The van der Waals surface area contributed by atoms with Gasteiger partial charge in [0.2, 0.25) is 0 Å². The monoisotopic (exact) mass is 404 g/mol. The molecule has 106 valence electrons. The smallest absolute Gasteiger partial charge is 0.326 e. The van der Waals surface area contributed by atoms with Crippen LogP contribution >= 0.6 is 31.9 Å². The third kappa shape index (κ3) is 3.48. The summed E-state index contributed by atoms with van der Waals surface area (Å²) in [7, 11) is 0. The third-order valence-electron chi connectivity index (χ3n) is 2.47. The topological polar surface area (TPSA) is 103 Å². The second-order valence-electron chi connectivity index (χ2n) is 3.92. The van der Waals surface area contributed by atoms with Gasteiger partial charge in [-0.15, -0.1) is 0 Å². The van der Waals surface area contributed by atoms with Gasteiger partial charge >= 0.3 is 6.03 Å². The highest BCUT2D eigenvalue weighted by Gasteiger charge is 2.22. The molecule has 20 heavy (non-hydrogen) atoms. The number of carbonyl (C=O) groups excluding carboxylic acids is 3. The van der Waals surface area contributed by atoms with Crippen molar-refractivity contribution < 1.29 is 14.4 Å². The van der Waals surface area contributed by atoms with Crippen molar-refractivity contribution in [3.05, 3.63) is 32.6 Å². The summed E-state index contributed by atoms with van der Waals surface area (Å²) in [6.07, 6.45) is 1.98. The Kier molecular flexibility index (Phi) is 4.61. The first kappa shape index (κ1) is 14.8. The predicted octanol–water partition coefficient (Wildman–Crippen LogP) is 1.38. The molecule has 9 heteroatoms. The largest absolute Gasteiger partial charge is 0.350 e. The number of nitrogens with one attached hydrogen (secondary N) is 4. The quantitative estimate of drug-likeness (QED) is 0.345. The standard InChI is InChI=1S/C11H10Br2N4O3/c12-5-4-7(15-8(5)13)9(18)14-3-1-2-6-10(19)17-11(20)16-6/h2,4,15H,1,3H2,(H,14,18)(H2,16,17,19,20)/b6-2+. The molecule has 2 heterocycles. The summed E-state index contributed by atoms with van der Waals surface area (Å²) in [5.74, 6) is -0.715. The van der Waals surface area contributed by atoms with Crippen molar-refractivity contribution in [2.75, 3.05) is 6.54 Å². The van der Waals surface area contributed by atoms with Crippen molar-refractivity contribution in [3.63, 3.8) is 0 Å². The number of halogens is 2. The van der Waals surface area contributed by atoms with Crippen LogP contribution in [-0.4, -0.2) is 29.4 Å². The Labute approximate surface area is 130 Å². The van der Waals surface area contributed by atoms with E-state index >= 15 is 0 Å². The van der Waals surface area contributed by atoms with E-state index in [0.29, 0.717) is 23.3 Å². The van der Waals surface area contributed by atoms with Crippen LogP contribution in [0.2, 0.25) is 0 Å². The van der Waals surface area contributed by atoms with E-state index < -0.39 is 11.9 Å². The summed E-state index contributed by atoms with van der Waals surface area (Å²) < 4.78 is 1.45. The lowest BCUT2D eigenvalue weighted by Crippen LogP contribution is -2.24.